The maximum absolute atomic E-state index is 12.6. The molecule has 5 nitrogen and oxygen atoms in total. The summed E-state index contributed by atoms with van der Waals surface area (Å²) >= 11 is 1.56. The quantitative estimate of drug-likeness (QED) is 0.851. The summed E-state index contributed by atoms with van der Waals surface area (Å²) in [6, 6.07) is 1.90. The fourth-order valence-corrected chi connectivity index (χ4v) is 2.80. The molecule has 0 bridgehead atoms. The topological polar surface area (TPSA) is 51.0 Å². The van der Waals surface area contributed by atoms with E-state index in [1.807, 2.05) is 33.3 Å². The number of carbonyl (C=O) groups excluding carboxylic acids is 1. The van der Waals surface area contributed by atoms with Gasteiger partial charge in [-0.2, -0.15) is 5.10 Å². The highest BCUT2D eigenvalue weighted by atomic mass is 32.1. The molecule has 0 aliphatic carbocycles. The molecule has 0 aromatic carbocycles. The van der Waals surface area contributed by atoms with Crippen molar-refractivity contribution in [2.24, 2.45) is 7.05 Å². The molecule has 0 spiro atoms. The second-order valence-corrected chi connectivity index (χ2v) is 5.81. The molecule has 20 heavy (non-hydrogen) atoms. The van der Waals surface area contributed by atoms with Crippen molar-refractivity contribution >= 4 is 17.2 Å². The minimum absolute atomic E-state index is 0.0109. The van der Waals surface area contributed by atoms with Gasteiger partial charge in [0.1, 0.15) is 5.69 Å². The molecule has 1 amide bonds. The molecule has 0 fully saturated rings. The van der Waals surface area contributed by atoms with Crippen LogP contribution in [0.2, 0.25) is 0 Å². The molecule has 0 saturated heterocycles. The van der Waals surface area contributed by atoms with Gasteiger partial charge in [-0.1, -0.05) is 13.3 Å². The second kappa shape index (κ2) is 6.17. The zero-order valence-corrected chi connectivity index (χ0v) is 13.1. The number of nitrogens with zero attached hydrogens (tertiary/aromatic N) is 4. The zero-order valence-electron chi connectivity index (χ0n) is 12.3. The Morgan fingerprint density at radius 1 is 1.55 bits per heavy atom. The summed E-state index contributed by atoms with van der Waals surface area (Å²) in [5.41, 5.74) is 3.39. The Labute approximate surface area is 123 Å². The first-order valence-corrected chi connectivity index (χ1v) is 7.61. The van der Waals surface area contributed by atoms with E-state index in [0.717, 1.165) is 23.4 Å². The van der Waals surface area contributed by atoms with Gasteiger partial charge in [-0.3, -0.25) is 14.5 Å². The molecule has 0 radical (unpaired) electrons. The van der Waals surface area contributed by atoms with Crippen molar-refractivity contribution in [3.8, 4) is 0 Å². The number of aryl methyl sites for hydroxylation is 2. The Morgan fingerprint density at radius 2 is 2.30 bits per heavy atom. The number of rotatable bonds is 5. The average molecular weight is 292 g/mol. The van der Waals surface area contributed by atoms with Crippen LogP contribution < -0.4 is 0 Å². The Kier molecular flexibility index (Phi) is 4.54. The predicted octanol–water partition coefficient (Wildman–Crippen LogP) is 2.66. The van der Waals surface area contributed by atoms with Gasteiger partial charge in [0.05, 0.1) is 17.2 Å². The summed E-state index contributed by atoms with van der Waals surface area (Å²) in [5, 5.41) is 4.39. The standard InChI is InChI=1S/C14H20N4OS/c1-5-6-11-7-12(18(4)16-11)14(19)17(3)10(2)13-8-15-9-20-13/h7-10H,5-6H2,1-4H3/t10-/m0/s1. The number of hydrogen-bond donors (Lipinski definition) is 0. The van der Waals surface area contributed by atoms with Crippen LogP contribution in [0.4, 0.5) is 0 Å². The molecule has 2 heterocycles. The van der Waals surface area contributed by atoms with Gasteiger partial charge in [0.2, 0.25) is 0 Å². The van der Waals surface area contributed by atoms with E-state index >= 15 is 0 Å². The monoisotopic (exact) mass is 292 g/mol. The molecule has 0 saturated carbocycles. The van der Waals surface area contributed by atoms with Gasteiger partial charge >= 0.3 is 0 Å². The SMILES string of the molecule is CCCc1cc(C(=O)N(C)[C@@H](C)c2cncs2)n(C)n1. The Bertz CT molecular complexity index is 576. The first-order valence-electron chi connectivity index (χ1n) is 6.73. The molecule has 6 heteroatoms. The van der Waals surface area contributed by atoms with Gasteiger partial charge in [0.25, 0.3) is 5.91 Å². The minimum Gasteiger partial charge on any atom is -0.333 e. The molecule has 0 unspecified atom stereocenters. The van der Waals surface area contributed by atoms with Crippen LogP contribution >= 0.6 is 11.3 Å². The maximum Gasteiger partial charge on any atom is 0.272 e. The van der Waals surface area contributed by atoms with E-state index in [-0.39, 0.29) is 11.9 Å². The normalized spacial score (nSPS) is 12.4. The van der Waals surface area contributed by atoms with E-state index in [0.29, 0.717) is 5.69 Å². The Morgan fingerprint density at radius 3 is 2.90 bits per heavy atom. The first kappa shape index (κ1) is 14.7. The second-order valence-electron chi connectivity index (χ2n) is 4.89. The minimum atomic E-state index is -0.0109. The number of aromatic nitrogens is 3. The van der Waals surface area contributed by atoms with Gasteiger partial charge in [-0.25, -0.2) is 0 Å². The summed E-state index contributed by atoms with van der Waals surface area (Å²) in [7, 11) is 3.64. The maximum atomic E-state index is 12.6. The van der Waals surface area contributed by atoms with Crippen LogP contribution in [-0.2, 0) is 13.5 Å². The molecule has 0 aliphatic rings. The van der Waals surface area contributed by atoms with Gasteiger partial charge in [-0.15, -0.1) is 11.3 Å². The Balaban J connectivity index is 2.18. The molecule has 108 valence electrons. The third-order valence-electron chi connectivity index (χ3n) is 3.42. The van der Waals surface area contributed by atoms with Gasteiger partial charge < -0.3 is 4.90 Å². The van der Waals surface area contributed by atoms with Crippen LogP contribution in [-0.4, -0.2) is 32.6 Å². The first-order chi connectivity index (χ1) is 9.54. The molecule has 0 aliphatic heterocycles. The van der Waals surface area contributed by atoms with E-state index in [4.69, 9.17) is 0 Å². The molecular formula is C14H20N4OS. The molecule has 2 aromatic rings. The average Bonchev–Trinajstić information content (AvgIpc) is 3.06. The largest absolute Gasteiger partial charge is 0.333 e. The molecular weight excluding hydrogens is 272 g/mol. The Hall–Kier alpha value is -1.69. The number of thiazole rings is 1. The van der Waals surface area contributed by atoms with Crippen LogP contribution in [0.3, 0.4) is 0 Å². The molecule has 0 N–H and O–H groups in total. The third-order valence-corrected chi connectivity index (χ3v) is 4.37. The molecule has 1 atom stereocenters. The van der Waals surface area contributed by atoms with Crippen molar-refractivity contribution in [1.82, 2.24) is 19.7 Å². The van der Waals surface area contributed by atoms with Crippen molar-refractivity contribution in [1.29, 1.82) is 0 Å². The highest BCUT2D eigenvalue weighted by Gasteiger charge is 2.22. The molecule has 2 rings (SSSR count). The third kappa shape index (κ3) is 2.90. The van der Waals surface area contributed by atoms with Gasteiger partial charge in [-0.05, 0) is 19.4 Å². The van der Waals surface area contributed by atoms with Crippen molar-refractivity contribution in [2.45, 2.75) is 32.7 Å². The van der Waals surface area contributed by atoms with E-state index in [9.17, 15) is 4.79 Å². The summed E-state index contributed by atoms with van der Waals surface area (Å²) in [6.45, 7) is 4.11. The lowest BCUT2D eigenvalue weighted by atomic mass is 10.2. The lowest BCUT2D eigenvalue weighted by molar-refractivity contribution is 0.0733. The lowest BCUT2D eigenvalue weighted by Gasteiger charge is -2.23. The van der Waals surface area contributed by atoms with Crippen molar-refractivity contribution in [3.05, 3.63) is 34.0 Å². The highest BCUT2D eigenvalue weighted by Crippen LogP contribution is 2.23. The molecule has 2 aromatic heterocycles. The number of hydrogen-bond acceptors (Lipinski definition) is 4. The lowest BCUT2D eigenvalue weighted by Crippen LogP contribution is -2.30. The van der Waals surface area contributed by atoms with Crippen LogP contribution in [0, 0.1) is 0 Å². The summed E-state index contributed by atoms with van der Waals surface area (Å²) < 4.78 is 1.67. The zero-order chi connectivity index (χ0) is 14.7. The van der Waals surface area contributed by atoms with Crippen LogP contribution in [0.15, 0.2) is 17.8 Å². The smallest absolute Gasteiger partial charge is 0.272 e. The number of carbonyl (C=O) groups is 1. The van der Waals surface area contributed by atoms with Crippen molar-refractivity contribution in [3.63, 3.8) is 0 Å². The number of amides is 1. The van der Waals surface area contributed by atoms with Crippen LogP contribution in [0.25, 0.3) is 0 Å². The van der Waals surface area contributed by atoms with E-state index in [2.05, 4.69) is 17.0 Å². The van der Waals surface area contributed by atoms with Crippen LogP contribution in [0.5, 0.6) is 0 Å². The van der Waals surface area contributed by atoms with Crippen molar-refractivity contribution in [2.75, 3.05) is 7.05 Å². The summed E-state index contributed by atoms with van der Waals surface area (Å²) in [6.07, 6.45) is 3.73. The fourth-order valence-electron chi connectivity index (χ4n) is 2.08. The van der Waals surface area contributed by atoms with E-state index < -0.39 is 0 Å². The van der Waals surface area contributed by atoms with Crippen LogP contribution in [0.1, 0.15) is 47.4 Å². The summed E-state index contributed by atoms with van der Waals surface area (Å²) in [5.74, 6) is -0.0109. The van der Waals surface area contributed by atoms with E-state index in [1.165, 1.54) is 0 Å². The summed E-state index contributed by atoms with van der Waals surface area (Å²) in [4.78, 5) is 19.5. The van der Waals surface area contributed by atoms with Gasteiger partial charge in [0, 0.05) is 25.2 Å². The highest BCUT2D eigenvalue weighted by molar-refractivity contribution is 7.09. The van der Waals surface area contributed by atoms with Crippen molar-refractivity contribution < 1.29 is 4.79 Å². The van der Waals surface area contributed by atoms with Gasteiger partial charge in [0.15, 0.2) is 0 Å². The van der Waals surface area contributed by atoms with E-state index in [1.54, 1.807) is 26.4 Å². The predicted molar refractivity (Wildman–Crippen MR) is 79.8 cm³/mol. The fraction of sp³-hybridized carbons (Fsp3) is 0.500.